The van der Waals surface area contributed by atoms with Gasteiger partial charge in [-0.2, -0.15) is 4.31 Å². The summed E-state index contributed by atoms with van der Waals surface area (Å²) in [6.45, 7) is -0.378. The minimum atomic E-state index is -4.11. The topological polar surface area (TPSA) is 80.2 Å². The van der Waals surface area contributed by atoms with Crippen LogP contribution in [0.1, 0.15) is 68.7 Å². The normalized spacial score (nSPS) is 27.7. The number of nitrogens with zero attached hydrogens (tertiary/aromatic N) is 3. The minimum Gasteiger partial charge on any atom is -0.298 e. The smallest absolute Gasteiger partial charge is 0.243 e. The van der Waals surface area contributed by atoms with Crippen molar-refractivity contribution < 1.29 is 22.0 Å². The highest BCUT2D eigenvalue weighted by atomic mass is 32.2. The molecule has 3 fully saturated rings. The quantitative estimate of drug-likeness (QED) is 0.526. The van der Waals surface area contributed by atoms with Gasteiger partial charge in [0.1, 0.15) is 18.3 Å². The summed E-state index contributed by atoms with van der Waals surface area (Å²) in [5.41, 5.74) is 1.76. The van der Waals surface area contributed by atoms with Crippen molar-refractivity contribution in [1.82, 2.24) is 14.3 Å². The highest BCUT2D eigenvalue weighted by Crippen LogP contribution is 2.46. The highest BCUT2D eigenvalue weighted by molar-refractivity contribution is 7.89. The molecule has 3 aliphatic rings. The van der Waals surface area contributed by atoms with Gasteiger partial charge in [0.05, 0.1) is 10.9 Å². The predicted molar refractivity (Wildman–Crippen MR) is 126 cm³/mol. The van der Waals surface area contributed by atoms with Crippen LogP contribution in [0.15, 0.2) is 41.6 Å². The number of sulfonamides is 1. The van der Waals surface area contributed by atoms with Crippen molar-refractivity contribution in [1.29, 1.82) is 0 Å². The zero-order chi connectivity index (χ0) is 24.6. The molecule has 2 heterocycles. The molecule has 0 bridgehead atoms. The van der Waals surface area contributed by atoms with Gasteiger partial charge in [-0.3, -0.25) is 4.79 Å². The molecule has 2 atom stereocenters. The Morgan fingerprint density at radius 1 is 1.00 bits per heavy atom. The number of aryl methyl sites for hydroxylation is 1. The maximum atomic E-state index is 14.3. The van der Waals surface area contributed by atoms with E-state index in [1.807, 2.05) is 6.07 Å². The summed E-state index contributed by atoms with van der Waals surface area (Å²) in [7, 11) is -4.11. The molecule has 2 aliphatic carbocycles. The van der Waals surface area contributed by atoms with Crippen LogP contribution in [0.25, 0.3) is 0 Å². The number of hydrogen-bond donors (Lipinski definition) is 0. The Labute approximate surface area is 205 Å². The van der Waals surface area contributed by atoms with Gasteiger partial charge in [-0.1, -0.05) is 0 Å². The third-order valence-electron chi connectivity index (χ3n) is 7.85. The van der Waals surface area contributed by atoms with Crippen molar-refractivity contribution in [3.05, 3.63) is 53.9 Å². The van der Waals surface area contributed by atoms with Crippen LogP contribution in [-0.4, -0.2) is 47.2 Å². The molecule has 35 heavy (non-hydrogen) atoms. The van der Waals surface area contributed by atoms with Crippen LogP contribution in [0.4, 0.5) is 8.78 Å². The van der Waals surface area contributed by atoms with Crippen molar-refractivity contribution in [2.24, 2.45) is 11.8 Å². The number of carbonyl (C=O) groups is 1. The van der Waals surface area contributed by atoms with Gasteiger partial charge in [-0.25, -0.2) is 27.2 Å². The minimum absolute atomic E-state index is 0.0672. The lowest BCUT2D eigenvalue weighted by atomic mass is 9.78. The average Bonchev–Trinajstić information content (AvgIpc) is 3.64. The highest BCUT2D eigenvalue weighted by Gasteiger charge is 2.43. The fourth-order valence-electron chi connectivity index (χ4n) is 5.70. The van der Waals surface area contributed by atoms with Crippen molar-refractivity contribution >= 4 is 15.8 Å². The first-order chi connectivity index (χ1) is 16.8. The van der Waals surface area contributed by atoms with Gasteiger partial charge in [-0.05, 0) is 87.1 Å². The Morgan fingerprint density at radius 2 is 1.66 bits per heavy atom. The monoisotopic (exact) mass is 503 g/mol. The Morgan fingerprint density at radius 3 is 2.31 bits per heavy atom. The first kappa shape index (κ1) is 24.4. The number of alkyl halides is 1. The zero-order valence-electron chi connectivity index (χ0n) is 19.7. The van der Waals surface area contributed by atoms with E-state index in [0.29, 0.717) is 12.3 Å². The second kappa shape index (κ2) is 10.0. The third kappa shape index (κ3) is 5.45. The third-order valence-corrected chi connectivity index (χ3v) is 9.74. The molecule has 188 valence electrons. The molecule has 1 aliphatic heterocycles. The maximum Gasteiger partial charge on any atom is 0.243 e. The summed E-state index contributed by atoms with van der Waals surface area (Å²) in [6, 6.07) is 5.25. The van der Waals surface area contributed by atoms with Crippen LogP contribution in [0, 0.1) is 17.7 Å². The van der Waals surface area contributed by atoms with E-state index in [1.54, 1.807) is 6.33 Å². The summed E-state index contributed by atoms with van der Waals surface area (Å²) in [5.74, 6) is 1.32. The zero-order valence-corrected chi connectivity index (χ0v) is 20.5. The molecule has 6 nitrogen and oxygen atoms in total. The van der Waals surface area contributed by atoms with Crippen molar-refractivity contribution in [3.63, 3.8) is 0 Å². The van der Waals surface area contributed by atoms with E-state index in [-0.39, 0.29) is 30.1 Å². The van der Waals surface area contributed by atoms with Crippen molar-refractivity contribution in [2.45, 2.75) is 80.8 Å². The second-order valence-corrected chi connectivity index (χ2v) is 12.1. The van der Waals surface area contributed by atoms with E-state index in [2.05, 4.69) is 9.97 Å². The molecule has 1 saturated heterocycles. The van der Waals surface area contributed by atoms with Gasteiger partial charge in [0.25, 0.3) is 0 Å². The van der Waals surface area contributed by atoms with E-state index in [9.17, 15) is 22.0 Å². The van der Waals surface area contributed by atoms with E-state index in [1.165, 1.54) is 25.7 Å². The standard InChI is InChI=1S/C26H31F2N3O3S/c27-20-7-10-23(11-8-20)35(33,34)31-15-21(28)13-25(31)26(32)12-9-22-14-24(30-16-29-22)19-5-3-18(4-6-19)17-1-2-17/h7-8,10-11,14,16-19,21,25H,1-6,9,12-13,15H2/t18?,19?,21-,25+/m1/s1. The Balaban J connectivity index is 1.22. The lowest BCUT2D eigenvalue weighted by molar-refractivity contribution is -0.122. The van der Waals surface area contributed by atoms with Gasteiger partial charge in [0, 0.05) is 36.7 Å². The number of hydrogen-bond acceptors (Lipinski definition) is 5. The average molecular weight is 504 g/mol. The molecule has 0 unspecified atom stereocenters. The lowest BCUT2D eigenvalue weighted by Crippen LogP contribution is -2.40. The van der Waals surface area contributed by atoms with Crippen LogP contribution in [0.3, 0.4) is 0 Å². The number of Topliss-reactive ketones (excluding diaryl/α,β-unsaturated/α-hetero) is 1. The number of carbonyl (C=O) groups excluding carboxylic acids is 1. The molecular formula is C26H31F2N3O3S. The van der Waals surface area contributed by atoms with Crippen LogP contribution in [-0.2, 0) is 21.2 Å². The van der Waals surface area contributed by atoms with Crippen molar-refractivity contribution in [3.8, 4) is 0 Å². The molecule has 2 aromatic rings. The van der Waals surface area contributed by atoms with E-state index in [0.717, 1.165) is 64.6 Å². The Hall–Kier alpha value is -2.26. The molecule has 0 spiro atoms. The SMILES string of the molecule is O=C(CCc1cc(C2CCC(C3CC3)CC2)ncn1)[C@@H]1C[C@@H](F)CN1S(=O)(=O)c1ccc(F)cc1. The van der Waals surface area contributed by atoms with Gasteiger partial charge in [-0.15, -0.1) is 0 Å². The van der Waals surface area contributed by atoms with E-state index < -0.39 is 28.1 Å². The Bertz CT molecular complexity index is 1160. The molecule has 2 saturated carbocycles. The van der Waals surface area contributed by atoms with Crippen LogP contribution in [0.2, 0.25) is 0 Å². The number of halogens is 2. The fourth-order valence-corrected chi connectivity index (χ4v) is 7.35. The second-order valence-electron chi connectivity index (χ2n) is 10.2. The predicted octanol–water partition coefficient (Wildman–Crippen LogP) is 4.60. The lowest BCUT2D eigenvalue weighted by Gasteiger charge is -2.28. The molecule has 0 radical (unpaired) electrons. The molecule has 0 amide bonds. The molecular weight excluding hydrogens is 472 g/mol. The molecule has 1 aromatic carbocycles. The number of benzene rings is 1. The van der Waals surface area contributed by atoms with Crippen LogP contribution >= 0.6 is 0 Å². The van der Waals surface area contributed by atoms with Gasteiger partial charge >= 0.3 is 0 Å². The summed E-state index contributed by atoms with van der Waals surface area (Å²) in [6.07, 6.45) is 7.90. The number of aromatic nitrogens is 2. The molecule has 9 heteroatoms. The Kier molecular flexibility index (Phi) is 6.99. The molecule has 0 N–H and O–H groups in total. The molecule has 1 aromatic heterocycles. The fraction of sp³-hybridized carbons (Fsp3) is 0.577. The summed E-state index contributed by atoms with van der Waals surface area (Å²) in [4.78, 5) is 21.7. The summed E-state index contributed by atoms with van der Waals surface area (Å²) < 4.78 is 54.5. The first-order valence-corrected chi connectivity index (χ1v) is 14.0. The van der Waals surface area contributed by atoms with Gasteiger partial charge < -0.3 is 0 Å². The number of rotatable bonds is 8. The van der Waals surface area contributed by atoms with E-state index >= 15 is 0 Å². The van der Waals surface area contributed by atoms with Gasteiger partial charge in [0.2, 0.25) is 10.0 Å². The first-order valence-electron chi connectivity index (χ1n) is 12.6. The van der Waals surface area contributed by atoms with Crippen molar-refractivity contribution in [2.75, 3.05) is 6.54 Å². The largest absolute Gasteiger partial charge is 0.298 e. The van der Waals surface area contributed by atoms with E-state index in [4.69, 9.17) is 0 Å². The van der Waals surface area contributed by atoms with Crippen LogP contribution < -0.4 is 0 Å². The number of ketones is 1. The van der Waals surface area contributed by atoms with Gasteiger partial charge in [0.15, 0.2) is 5.78 Å². The summed E-state index contributed by atoms with van der Waals surface area (Å²) >= 11 is 0. The summed E-state index contributed by atoms with van der Waals surface area (Å²) in [5, 5.41) is 0. The van der Waals surface area contributed by atoms with Crippen LogP contribution in [0.5, 0.6) is 0 Å². The molecule has 5 rings (SSSR count). The maximum absolute atomic E-state index is 14.3.